The molecule has 0 aliphatic rings. The number of aromatic nitrogens is 3. The zero-order valence-electron chi connectivity index (χ0n) is 13.5. The van der Waals surface area contributed by atoms with Crippen LogP contribution in [0.3, 0.4) is 0 Å². The van der Waals surface area contributed by atoms with Crippen LogP contribution in [0.2, 0.25) is 0 Å². The smallest absolute Gasteiger partial charge is 0.216 e. The van der Waals surface area contributed by atoms with Crippen molar-refractivity contribution in [2.24, 2.45) is 0 Å². The Bertz CT molecular complexity index is 949. The van der Waals surface area contributed by atoms with Gasteiger partial charge in [0.2, 0.25) is 11.8 Å². The minimum absolute atomic E-state index is 0.0256. The third-order valence-electron chi connectivity index (χ3n) is 3.42. The maximum Gasteiger partial charge on any atom is 0.216 e. The Morgan fingerprint density at radius 1 is 1.20 bits per heavy atom. The first kappa shape index (κ1) is 17.7. The SMILES string of the molecule is Cc1nnc(CCCS(=O)(=O)Cc2csc(-c3ccc(F)cc3)n2)o1. The summed E-state index contributed by atoms with van der Waals surface area (Å²) >= 11 is 1.34. The molecule has 0 radical (unpaired) electrons. The summed E-state index contributed by atoms with van der Waals surface area (Å²) < 4.78 is 42.7. The molecule has 9 heteroatoms. The predicted octanol–water partition coefficient (Wildman–Crippen LogP) is 3.19. The second-order valence-electron chi connectivity index (χ2n) is 5.56. The average Bonchev–Trinajstić information content (AvgIpc) is 3.17. The average molecular weight is 381 g/mol. The molecule has 0 aliphatic heterocycles. The van der Waals surface area contributed by atoms with Crippen LogP contribution in [0.5, 0.6) is 0 Å². The molecule has 0 N–H and O–H groups in total. The number of halogens is 1. The highest BCUT2D eigenvalue weighted by Crippen LogP contribution is 2.24. The molecule has 3 rings (SSSR count). The van der Waals surface area contributed by atoms with Gasteiger partial charge < -0.3 is 4.42 Å². The number of aryl methyl sites for hydroxylation is 2. The molecule has 0 saturated heterocycles. The number of rotatable bonds is 7. The number of benzene rings is 1. The highest BCUT2D eigenvalue weighted by molar-refractivity contribution is 7.90. The van der Waals surface area contributed by atoms with Gasteiger partial charge >= 0.3 is 0 Å². The molecule has 25 heavy (non-hydrogen) atoms. The number of hydrogen-bond donors (Lipinski definition) is 0. The van der Waals surface area contributed by atoms with Gasteiger partial charge in [-0.15, -0.1) is 21.5 Å². The summed E-state index contributed by atoms with van der Waals surface area (Å²) in [6.45, 7) is 1.69. The van der Waals surface area contributed by atoms with Crippen molar-refractivity contribution in [1.29, 1.82) is 0 Å². The van der Waals surface area contributed by atoms with Crippen LogP contribution in [0.15, 0.2) is 34.1 Å². The van der Waals surface area contributed by atoms with Crippen LogP contribution in [0.1, 0.15) is 23.9 Å². The summed E-state index contributed by atoms with van der Waals surface area (Å²) in [4.78, 5) is 4.34. The molecule has 0 saturated carbocycles. The van der Waals surface area contributed by atoms with Gasteiger partial charge in [0.25, 0.3) is 0 Å². The van der Waals surface area contributed by atoms with E-state index in [0.29, 0.717) is 35.3 Å². The van der Waals surface area contributed by atoms with Crippen molar-refractivity contribution < 1.29 is 17.2 Å². The van der Waals surface area contributed by atoms with Gasteiger partial charge in [-0.25, -0.2) is 17.8 Å². The van der Waals surface area contributed by atoms with Gasteiger partial charge in [0, 0.05) is 24.3 Å². The Hall–Kier alpha value is -2.13. The van der Waals surface area contributed by atoms with E-state index in [-0.39, 0.29) is 17.3 Å². The van der Waals surface area contributed by atoms with Crippen LogP contribution in [0.4, 0.5) is 4.39 Å². The van der Waals surface area contributed by atoms with E-state index < -0.39 is 9.84 Å². The zero-order chi connectivity index (χ0) is 17.9. The molecule has 0 unspecified atom stereocenters. The number of sulfone groups is 1. The van der Waals surface area contributed by atoms with E-state index in [1.165, 1.54) is 23.5 Å². The van der Waals surface area contributed by atoms with Crippen LogP contribution in [0, 0.1) is 12.7 Å². The van der Waals surface area contributed by atoms with Crippen LogP contribution < -0.4 is 0 Å². The molecule has 0 fully saturated rings. The molecular weight excluding hydrogens is 365 g/mol. The molecule has 2 aromatic heterocycles. The van der Waals surface area contributed by atoms with Gasteiger partial charge in [-0.1, -0.05) is 0 Å². The number of nitrogens with zero attached hydrogens (tertiary/aromatic N) is 3. The van der Waals surface area contributed by atoms with E-state index in [1.807, 2.05) is 0 Å². The van der Waals surface area contributed by atoms with E-state index in [9.17, 15) is 12.8 Å². The minimum Gasteiger partial charge on any atom is -0.426 e. The molecule has 1 aromatic carbocycles. The second kappa shape index (κ2) is 7.40. The zero-order valence-corrected chi connectivity index (χ0v) is 15.1. The molecule has 6 nitrogen and oxygen atoms in total. The van der Waals surface area contributed by atoms with Gasteiger partial charge in [-0.05, 0) is 30.7 Å². The third kappa shape index (κ3) is 4.93. The van der Waals surface area contributed by atoms with Crippen LogP contribution >= 0.6 is 11.3 Å². The van der Waals surface area contributed by atoms with E-state index in [0.717, 1.165) is 5.56 Å². The van der Waals surface area contributed by atoms with Gasteiger partial charge in [0.15, 0.2) is 9.84 Å². The molecule has 0 spiro atoms. The Morgan fingerprint density at radius 3 is 2.64 bits per heavy atom. The normalized spacial score (nSPS) is 11.8. The van der Waals surface area contributed by atoms with Crippen molar-refractivity contribution in [1.82, 2.24) is 15.2 Å². The maximum atomic E-state index is 13.0. The molecule has 3 aromatic rings. The quantitative estimate of drug-likeness (QED) is 0.625. The lowest BCUT2D eigenvalue weighted by molar-refractivity contribution is 0.465. The fourth-order valence-electron chi connectivity index (χ4n) is 2.28. The van der Waals surface area contributed by atoms with Crippen LogP contribution in [-0.4, -0.2) is 29.4 Å². The van der Waals surface area contributed by atoms with Gasteiger partial charge in [-0.2, -0.15) is 0 Å². The molecule has 0 aliphatic carbocycles. The summed E-state index contributed by atoms with van der Waals surface area (Å²) in [5.74, 6) is 0.499. The van der Waals surface area contributed by atoms with E-state index in [4.69, 9.17) is 4.42 Å². The molecule has 0 amide bonds. The topological polar surface area (TPSA) is 86.0 Å². The lowest BCUT2D eigenvalue weighted by Gasteiger charge is -2.01. The molecule has 2 heterocycles. The van der Waals surface area contributed by atoms with E-state index in [1.54, 1.807) is 24.4 Å². The van der Waals surface area contributed by atoms with Crippen molar-refractivity contribution in [3.8, 4) is 10.6 Å². The van der Waals surface area contributed by atoms with E-state index in [2.05, 4.69) is 15.2 Å². The van der Waals surface area contributed by atoms with Crippen LogP contribution in [0.25, 0.3) is 10.6 Å². The highest BCUT2D eigenvalue weighted by Gasteiger charge is 2.16. The van der Waals surface area contributed by atoms with E-state index >= 15 is 0 Å². The Morgan fingerprint density at radius 2 is 1.96 bits per heavy atom. The van der Waals surface area contributed by atoms with Gasteiger partial charge in [0.1, 0.15) is 10.8 Å². The summed E-state index contributed by atoms with van der Waals surface area (Å²) in [7, 11) is -3.28. The summed E-state index contributed by atoms with van der Waals surface area (Å²) in [6.07, 6.45) is 0.844. The Kier molecular flexibility index (Phi) is 5.24. The van der Waals surface area contributed by atoms with Crippen molar-refractivity contribution >= 4 is 21.2 Å². The maximum absolute atomic E-state index is 13.0. The first-order valence-corrected chi connectivity index (χ1v) is 10.3. The number of hydrogen-bond acceptors (Lipinski definition) is 7. The van der Waals surface area contributed by atoms with Crippen LogP contribution in [-0.2, 0) is 22.0 Å². The third-order valence-corrected chi connectivity index (χ3v) is 6.01. The number of thiazole rings is 1. The summed E-state index contributed by atoms with van der Waals surface area (Å²) in [6, 6.07) is 5.95. The van der Waals surface area contributed by atoms with Crippen molar-refractivity contribution in [2.75, 3.05) is 5.75 Å². The minimum atomic E-state index is -3.28. The molecule has 0 atom stereocenters. The first-order valence-electron chi connectivity index (χ1n) is 7.61. The lowest BCUT2D eigenvalue weighted by atomic mass is 10.2. The standard InChI is InChI=1S/C16H16FN3O3S2/c1-11-19-20-15(23-11)3-2-8-25(21,22)10-14-9-24-16(18-14)12-4-6-13(17)7-5-12/h4-7,9H,2-3,8,10H2,1H3. The Balaban J connectivity index is 1.58. The molecule has 0 bridgehead atoms. The fraction of sp³-hybridized carbons (Fsp3) is 0.312. The summed E-state index contributed by atoms with van der Waals surface area (Å²) in [5, 5.41) is 9.94. The largest absolute Gasteiger partial charge is 0.426 e. The fourth-order valence-corrected chi connectivity index (χ4v) is 4.54. The predicted molar refractivity (Wildman–Crippen MR) is 92.4 cm³/mol. The van der Waals surface area contributed by atoms with Crippen molar-refractivity contribution in [2.45, 2.75) is 25.5 Å². The lowest BCUT2D eigenvalue weighted by Crippen LogP contribution is -2.10. The van der Waals surface area contributed by atoms with Crippen molar-refractivity contribution in [3.63, 3.8) is 0 Å². The first-order chi connectivity index (χ1) is 11.9. The van der Waals surface area contributed by atoms with Crippen molar-refractivity contribution in [3.05, 3.63) is 52.9 Å². The van der Waals surface area contributed by atoms with Gasteiger partial charge in [-0.3, -0.25) is 0 Å². The Labute approximate surface area is 148 Å². The molecular formula is C16H16FN3O3S2. The van der Waals surface area contributed by atoms with Gasteiger partial charge in [0.05, 0.1) is 17.2 Å². The second-order valence-corrected chi connectivity index (χ2v) is 8.60. The highest BCUT2D eigenvalue weighted by atomic mass is 32.2. The summed E-state index contributed by atoms with van der Waals surface area (Å²) in [5.41, 5.74) is 1.26. The monoisotopic (exact) mass is 381 g/mol. The molecule has 132 valence electrons.